The molecule has 0 aliphatic heterocycles. The molecule has 0 aromatic rings. The normalized spacial score (nSPS) is 14.1. The highest BCUT2D eigenvalue weighted by Gasteiger charge is 2.23. The van der Waals surface area contributed by atoms with Crippen LogP contribution in [0.4, 0.5) is 0 Å². The number of aliphatic hydroxyl groups excluding tert-OH is 2. The average molecular weight is 542 g/mol. The molecule has 228 valence electrons. The number of unbranched alkanes of at least 4 members (excludes halogenated alkanes) is 12. The van der Waals surface area contributed by atoms with E-state index >= 15 is 0 Å². The molecule has 2 N–H and O–H groups in total. The zero-order valence-electron chi connectivity index (χ0n) is 26.1. The van der Waals surface area contributed by atoms with Crippen LogP contribution in [-0.2, 0) is 9.53 Å². The molecule has 0 fully saturated rings. The van der Waals surface area contributed by atoms with Crippen molar-refractivity contribution in [1.29, 1.82) is 0 Å². The Morgan fingerprint density at radius 3 is 1.82 bits per heavy atom. The Morgan fingerprint density at radius 1 is 0.658 bits per heavy atom. The second kappa shape index (κ2) is 27.9. The molecule has 0 saturated heterocycles. The minimum Gasteiger partial charge on any atom is -0.465 e. The predicted octanol–water partition coefficient (Wildman–Crippen LogP) is 8.44. The Balaban J connectivity index is 4.37. The first-order valence-corrected chi connectivity index (χ1v) is 16.7. The van der Waals surface area contributed by atoms with Crippen molar-refractivity contribution < 1.29 is 19.7 Å². The van der Waals surface area contributed by atoms with E-state index in [1.54, 1.807) is 0 Å². The maximum Gasteiger partial charge on any atom is 0.308 e. The van der Waals surface area contributed by atoms with Crippen molar-refractivity contribution >= 4 is 5.97 Å². The van der Waals surface area contributed by atoms with Gasteiger partial charge in [0.15, 0.2) is 0 Å². The maximum atomic E-state index is 12.7. The van der Waals surface area contributed by atoms with E-state index in [4.69, 9.17) is 9.84 Å². The number of rotatable bonds is 29. The van der Waals surface area contributed by atoms with E-state index in [-0.39, 0.29) is 30.6 Å². The first-order chi connectivity index (χ1) is 18.5. The van der Waals surface area contributed by atoms with E-state index in [0.717, 1.165) is 116 Å². The van der Waals surface area contributed by atoms with Crippen molar-refractivity contribution in [3.05, 3.63) is 0 Å². The lowest BCUT2D eigenvalue weighted by atomic mass is 9.95. The highest BCUT2D eigenvalue weighted by Crippen LogP contribution is 2.20. The van der Waals surface area contributed by atoms with Gasteiger partial charge in [0.25, 0.3) is 0 Å². The van der Waals surface area contributed by atoms with Crippen LogP contribution in [0, 0.1) is 5.92 Å². The SMILES string of the molecule is CCCCCCCCC(CCCC)C(=O)OCCCCCCN(CCCCCCO)[C@@H](CCC)C(O)CC. The first kappa shape index (κ1) is 37.4. The number of carbonyl (C=O) groups excluding carboxylic acids is 1. The quantitative estimate of drug-likeness (QED) is 0.0734. The zero-order chi connectivity index (χ0) is 28.3. The summed E-state index contributed by atoms with van der Waals surface area (Å²) in [5.74, 6) is 0.128. The van der Waals surface area contributed by atoms with Gasteiger partial charge in [-0.2, -0.15) is 0 Å². The zero-order valence-corrected chi connectivity index (χ0v) is 26.1. The molecule has 5 heteroatoms. The highest BCUT2D eigenvalue weighted by atomic mass is 16.5. The van der Waals surface area contributed by atoms with Gasteiger partial charge in [0.2, 0.25) is 0 Å². The van der Waals surface area contributed by atoms with Crippen molar-refractivity contribution in [2.45, 2.75) is 175 Å². The standard InChI is InChI=1S/C33H67NO4/c1-5-9-11-12-13-18-25-30(24-10-6-2)33(37)38-29-22-17-15-20-27-34(26-19-14-16-21-28-35)31(23-7-3)32(36)8-4/h30-32,35-36H,5-29H2,1-4H3/t30?,31-,32?/m0/s1. The predicted molar refractivity (Wildman–Crippen MR) is 163 cm³/mol. The molecular formula is C33H67NO4. The molecule has 38 heavy (non-hydrogen) atoms. The van der Waals surface area contributed by atoms with Gasteiger partial charge >= 0.3 is 5.97 Å². The summed E-state index contributed by atoms with van der Waals surface area (Å²) in [6.07, 6.45) is 23.0. The van der Waals surface area contributed by atoms with Crippen molar-refractivity contribution in [3.8, 4) is 0 Å². The third-order valence-corrected chi connectivity index (χ3v) is 8.00. The van der Waals surface area contributed by atoms with Crippen LogP contribution in [0.3, 0.4) is 0 Å². The first-order valence-electron chi connectivity index (χ1n) is 16.7. The Kier molecular flexibility index (Phi) is 27.4. The van der Waals surface area contributed by atoms with E-state index in [9.17, 15) is 9.90 Å². The fourth-order valence-corrected chi connectivity index (χ4v) is 5.47. The maximum absolute atomic E-state index is 12.7. The van der Waals surface area contributed by atoms with Crippen LogP contribution in [0.5, 0.6) is 0 Å². The van der Waals surface area contributed by atoms with Crippen LogP contribution >= 0.6 is 0 Å². The van der Waals surface area contributed by atoms with Gasteiger partial charge in [-0.05, 0) is 64.5 Å². The molecule has 0 amide bonds. The second-order valence-corrected chi connectivity index (χ2v) is 11.5. The summed E-state index contributed by atoms with van der Waals surface area (Å²) < 4.78 is 5.73. The number of nitrogens with zero attached hydrogens (tertiary/aromatic N) is 1. The molecule has 0 aliphatic rings. The smallest absolute Gasteiger partial charge is 0.308 e. The van der Waals surface area contributed by atoms with Gasteiger partial charge < -0.3 is 14.9 Å². The van der Waals surface area contributed by atoms with Gasteiger partial charge in [0.05, 0.1) is 18.6 Å². The molecule has 0 aromatic carbocycles. The Morgan fingerprint density at radius 2 is 1.21 bits per heavy atom. The van der Waals surface area contributed by atoms with Crippen molar-refractivity contribution in [2.24, 2.45) is 5.92 Å². The monoisotopic (exact) mass is 542 g/mol. The van der Waals surface area contributed by atoms with Crippen LogP contribution in [0.15, 0.2) is 0 Å². The lowest BCUT2D eigenvalue weighted by Gasteiger charge is -2.35. The summed E-state index contributed by atoms with van der Waals surface area (Å²) in [5, 5.41) is 19.7. The van der Waals surface area contributed by atoms with Crippen molar-refractivity contribution in [2.75, 3.05) is 26.3 Å². The molecule has 0 aromatic heterocycles. The number of ether oxygens (including phenoxy) is 1. The van der Waals surface area contributed by atoms with E-state index < -0.39 is 0 Å². The third kappa shape index (κ3) is 20.3. The largest absolute Gasteiger partial charge is 0.465 e. The molecule has 0 spiro atoms. The van der Waals surface area contributed by atoms with Gasteiger partial charge in [-0.25, -0.2) is 0 Å². The second-order valence-electron chi connectivity index (χ2n) is 11.5. The Bertz CT molecular complexity index is 501. The van der Waals surface area contributed by atoms with E-state index in [0.29, 0.717) is 6.61 Å². The Hall–Kier alpha value is -0.650. The lowest BCUT2D eigenvalue weighted by molar-refractivity contribution is -0.149. The van der Waals surface area contributed by atoms with Crippen molar-refractivity contribution in [1.82, 2.24) is 4.90 Å². The molecule has 2 unspecified atom stereocenters. The Labute approximate surface area is 237 Å². The molecule has 0 aliphatic carbocycles. The van der Waals surface area contributed by atoms with Gasteiger partial charge in [0, 0.05) is 12.6 Å². The number of hydrogen-bond donors (Lipinski definition) is 2. The number of carbonyl (C=O) groups is 1. The summed E-state index contributed by atoms with van der Waals surface area (Å²) in [6.45, 7) is 11.6. The van der Waals surface area contributed by atoms with E-state index in [2.05, 4.69) is 32.6 Å². The summed E-state index contributed by atoms with van der Waals surface area (Å²) >= 11 is 0. The van der Waals surface area contributed by atoms with Gasteiger partial charge in [0.1, 0.15) is 0 Å². The van der Waals surface area contributed by atoms with Crippen LogP contribution in [0.2, 0.25) is 0 Å². The topological polar surface area (TPSA) is 70.0 Å². The molecule has 0 rings (SSSR count). The fourth-order valence-electron chi connectivity index (χ4n) is 5.47. The summed E-state index contributed by atoms with van der Waals surface area (Å²) in [7, 11) is 0. The van der Waals surface area contributed by atoms with E-state index in [1.807, 2.05) is 0 Å². The molecular weight excluding hydrogens is 474 g/mol. The number of hydrogen-bond acceptors (Lipinski definition) is 5. The summed E-state index contributed by atoms with van der Waals surface area (Å²) in [4.78, 5) is 15.2. The summed E-state index contributed by atoms with van der Waals surface area (Å²) in [5.41, 5.74) is 0. The minimum atomic E-state index is -0.260. The number of esters is 1. The third-order valence-electron chi connectivity index (χ3n) is 8.00. The van der Waals surface area contributed by atoms with Crippen LogP contribution < -0.4 is 0 Å². The molecule has 5 nitrogen and oxygen atoms in total. The molecule has 0 heterocycles. The van der Waals surface area contributed by atoms with Gasteiger partial charge in [-0.3, -0.25) is 9.69 Å². The summed E-state index contributed by atoms with van der Waals surface area (Å²) in [6, 6.07) is 0.246. The van der Waals surface area contributed by atoms with Gasteiger partial charge in [-0.1, -0.05) is 111 Å². The van der Waals surface area contributed by atoms with Crippen LogP contribution in [0.1, 0.15) is 163 Å². The fraction of sp³-hybridized carbons (Fsp3) is 0.970. The molecule has 0 bridgehead atoms. The molecule has 3 atom stereocenters. The minimum absolute atomic E-state index is 0.0374. The van der Waals surface area contributed by atoms with Gasteiger partial charge in [-0.15, -0.1) is 0 Å². The lowest BCUT2D eigenvalue weighted by Crippen LogP contribution is -2.44. The molecule has 0 saturated carbocycles. The highest BCUT2D eigenvalue weighted by molar-refractivity contribution is 5.72. The van der Waals surface area contributed by atoms with Crippen LogP contribution in [-0.4, -0.2) is 59.5 Å². The van der Waals surface area contributed by atoms with Crippen molar-refractivity contribution in [3.63, 3.8) is 0 Å². The van der Waals surface area contributed by atoms with E-state index in [1.165, 1.54) is 32.1 Å². The molecule has 0 radical (unpaired) electrons. The van der Waals surface area contributed by atoms with Crippen LogP contribution in [0.25, 0.3) is 0 Å². The number of aliphatic hydroxyl groups is 2. The average Bonchev–Trinajstić information content (AvgIpc) is 2.92.